The normalized spacial score (nSPS) is 11.9. The lowest BCUT2D eigenvalue weighted by molar-refractivity contribution is 0.0977. The number of benzene rings is 2. The lowest BCUT2D eigenvalue weighted by atomic mass is 10.2. The summed E-state index contributed by atoms with van der Waals surface area (Å²) >= 11 is 16.9. The van der Waals surface area contributed by atoms with Crippen molar-refractivity contribution in [1.82, 2.24) is 5.32 Å². The van der Waals surface area contributed by atoms with Crippen molar-refractivity contribution in [2.45, 2.75) is 0 Å². The molecule has 0 aliphatic carbocycles. The average molecular weight is 369 g/mol. The number of rotatable bonds is 2. The molecule has 23 heavy (non-hydrogen) atoms. The first-order valence-electron chi connectivity index (χ1n) is 6.50. The Balaban J connectivity index is 1.65. The van der Waals surface area contributed by atoms with Crippen LogP contribution in [0.2, 0.25) is 10.0 Å². The molecule has 1 aliphatic heterocycles. The van der Waals surface area contributed by atoms with E-state index in [4.69, 9.17) is 44.9 Å². The number of anilines is 1. The van der Waals surface area contributed by atoms with Crippen LogP contribution >= 0.6 is 35.4 Å². The molecule has 118 valence electrons. The summed E-state index contributed by atoms with van der Waals surface area (Å²) in [6.45, 7) is 0.150. The third-order valence-electron chi connectivity index (χ3n) is 3.04. The largest absolute Gasteiger partial charge is 0.454 e. The second kappa shape index (κ2) is 6.62. The predicted molar refractivity (Wildman–Crippen MR) is 92.7 cm³/mol. The van der Waals surface area contributed by atoms with Crippen LogP contribution < -0.4 is 20.1 Å². The molecule has 0 fully saturated rings. The fourth-order valence-corrected chi connectivity index (χ4v) is 2.46. The Morgan fingerprint density at radius 3 is 2.61 bits per heavy atom. The number of thiocarbonyl (C=S) groups is 1. The first-order chi connectivity index (χ1) is 11.0. The van der Waals surface area contributed by atoms with Crippen LogP contribution in [0.3, 0.4) is 0 Å². The molecule has 5 nitrogen and oxygen atoms in total. The van der Waals surface area contributed by atoms with Crippen LogP contribution in [0.25, 0.3) is 0 Å². The molecule has 0 bridgehead atoms. The van der Waals surface area contributed by atoms with Crippen LogP contribution in [0, 0.1) is 0 Å². The summed E-state index contributed by atoms with van der Waals surface area (Å²) in [5.41, 5.74) is 1.03. The van der Waals surface area contributed by atoms with E-state index in [-0.39, 0.29) is 17.8 Å². The Kier molecular flexibility index (Phi) is 4.56. The van der Waals surface area contributed by atoms with Crippen molar-refractivity contribution in [1.29, 1.82) is 0 Å². The molecule has 0 radical (unpaired) electrons. The maximum absolute atomic E-state index is 12.2. The zero-order valence-corrected chi connectivity index (χ0v) is 13.9. The number of carbonyl (C=O) groups is 1. The van der Waals surface area contributed by atoms with E-state index in [0.29, 0.717) is 32.8 Å². The van der Waals surface area contributed by atoms with Crippen molar-refractivity contribution >= 4 is 52.1 Å². The van der Waals surface area contributed by atoms with E-state index < -0.39 is 0 Å². The summed E-state index contributed by atoms with van der Waals surface area (Å²) in [4.78, 5) is 12.2. The topological polar surface area (TPSA) is 59.6 Å². The number of hydrogen-bond donors (Lipinski definition) is 2. The quantitative estimate of drug-likeness (QED) is 0.788. The van der Waals surface area contributed by atoms with E-state index in [0.717, 1.165) is 0 Å². The highest BCUT2D eigenvalue weighted by Crippen LogP contribution is 2.32. The Morgan fingerprint density at radius 2 is 1.83 bits per heavy atom. The van der Waals surface area contributed by atoms with Gasteiger partial charge in [-0.2, -0.15) is 0 Å². The van der Waals surface area contributed by atoms with E-state index >= 15 is 0 Å². The Hall–Kier alpha value is -2.02. The fraction of sp³-hybridized carbons (Fsp3) is 0.0667. The molecule has 2 N–H and O–H groups in total. The van der Waals surface area contributed by atoms with Crippen molar-refractivity contribution in [3.63, 3.8) is 0 Å². The van der Waals surface area contributed by atoms with Crippen LogP contribution in [0.15, 0.2) is 36.4 Å². The second-order valence-corrected chi connectivity index (χ2v) is 5.83. The van der Waals surface area contributed by atoms with Gasteiger partial charge in [-0.1, -0.05) is 23.2 Å². The van der Waals surface area contributed by atoms with E-state index in [1.165, 1.54) is 0 Å². The van der Waals surface area contributed by atoms with Gasteiger partial charge in [0.1, 0.15) is 0 Å². The van der Waals surface area contributed by atoms with Crippen molar-refractivity contribution in [2.24, 2.45) is 0 Å². The van der Waals surface area contributed by atoms with Gasteiger partial charge < -0.3 is 14.8 Å². The average Bonchev–Trinajstić information content (AvgIpc) is 2.98. The SMILES string of the molecule is O=C(NC(=S)Nc1ccc(Cl)c(Cl)c1)c1ccc2c(c1)OCO2. The minimum absolute atomic E-state index is 0.144. The third-order valence-corrected chi connectivity index (χ3v) is 3.98. The maximum Gasteiger partial charge on any atom is 0.257 e. The van der Waals surface area contributed by atoms with Gasteiger partial charge in [0.25, 0.3) is 5.91 Å². The Bertz CT molecular complexity index is 798. The Labute approximate surface area is 147 Å². The number of hydrogen-bond acceptors (Lipinski definition) is 4. The van der Waals surface area contributed by atoms with Gasteiger partial charge in [-0.15, -0.1) is 0 Å². The van der Waals surface area contributed by atoms with Gasteiger partial charge >= 0.3 is 0 Å². The van der Waals surface area contributed by atoms with Crippen LogP contribution in [0.4, 0.5) is 5.69 Å². The molecule has 1 aliphatic rings. The minimum atomic E-state index is -0.360. The smallest absolute Gasteiger partial charge is 0.257 e. The van der Waals surface area contributed by atoms with Crippen LogP contribution in [0.1, 0.15) is 10.4 Å². The van der Waals surface area contributed by atoms with Crippen molar-refractivity contribution < 1.29 is 14.3 Å². The van der Waals surface area contributed by atoms with E-state index in [9.17, 15) is 4.79 Å². The third kappa shape index (κ3) is 3.67. The van der Waals surface area contributed by atoms with Gasteiger partial charge in [0.2, 0.25) is 6.79 Å². The molecule has 3 rings (SSSR count). The number of fused-ring (bicyclic) bond motifs is 1. The minimum Gasteiger partial charge on any atom is -0.454 e. The number of halogens is 2. The molecule has 0 atom stereocenters. The maximum atomic E-state index is 12.2. The summed E-state index contributed by atoms with van der Waals surface area (Å²) in [6, 6.07) is 9.85. The standard InChI is InChI=1S/C15H10Cl2N2O3S/c16-10-3-2-9(6-11(10)17)18-15(23)19-14(20)8-1-4-12-13(5-8)22-7-21-12/h1-6H,7H2,(H2,18,19,20,23). The predicted octanol–water partition coefficient (Wildman–Crippen LogP) is 3.85. The fourth-order valence-electron chi connectivity index (χ4n) is 1.95. The number of amides is 1. The molecule has 0 aromatic heterocycles. The summed E-state index contributed by atoms with van der Waals surface area (Å²) < 4.78 is 10.4. The van der Waals surface area contributed by atoms with E-state index in [2.05, 4.69) is 10.6 Å². The van der Waals surface area contributed by atoms with Crippen LogP contribution in [-0.2, 0) is 0 Å². The molecule has 1 heterocycles. The molecule has 1 amide bonds. The monoisotopic (exact) mass is 368 g/mol. The second-order valence-electron chi connectivity index (χ2n) is 4.61. The molecule has 0 saturated carbocycles. The molecule has 0 saturated heterocycles. The Morgan fingerprint density at radius 1 is 1.04 bits per heavy atom. The van der Waals surface area contributed by atoms with Gasteiger partial charge in [-0.25, -0.2) is 0 Å². The lowest BCUT2D eigenvalue weighted by Crippen LogP contribution is -2.34. The first kappa shape index (κ1) is 15.9. The van der Waals surface area contributed by atoms with Crippen LogP contribution in [0.5, 0.6) is 11.5 Å². The number of nitrogens with one attached hydrogen (secondary N) is 2. The van der Waals surface area contributed by atoms with Gasteiger partial charge in [-0.3, -0.25) is 10.1 Å². The molecule has 2 aromatic carbocycles. The highest BCUT2D eigenvalue weighted by Gasteiger charge is 2.16. The first-order valence-corrected chi connectivity index (χ1v) is 7.66. The molecular weight excluding hydrogens is 359 g/mol. The highest BCUT2D eigenvalue weighted by atomic mass is 35.5. The van der Waals surface area contributed by atoms with Crippen molar-refractivity contribution in [3.8, 4) is 11.5 Å². The summed E-state index contributed by atoms with van der Waals surface area (Å²) in [6.07, 6.45) is 0. The summed E-state index contributed by atoms with van der Waals surface area (Å²) in [7, 11) is 0. The van der Waals surface area contributed by atoms with Crippen molar-refractivity contribution in [2.75, 3.05) is 12.1 Å². The highest BCUT2D eigenvalue weighted by molar-refractivity contribution is 7.80. The number of ether oxygens (including phenoxy) is 2. The zero-order chi connectivity index (χ0) is 16.4. The van der Waals surface area contributed by atoms with Gasteiger partial charge in [0.05, 0.1) is 10.0 Å². The van der Waals surface area contributed by atoms with Crippen molar-refractivity contribution in [3.05, 3.63) is 52.0 Å². The van der Waals surface area contributed by atoms with Gasteiger partial charge in [-0.05, 0) is 48.6 Å². The lowest BCUT2D eigenvalue weighted by Gasteiger charge is -2.10. The molecule has 0 spiro atoms. The van der Waals surface area contributed by atoms with E-state index in [1.807, 2.05) is 0 Å². The van der Waals surface area contributed by atoms with Gasteiger partial charge in [0.15, 0.2) is 16.6 Å². The summed E-state index contributed by atoms with van der Waals surface area (Å²) in [5, 5.41) is 6.41. The zero-order valence-electron chi connectivity index (χ0n) is 11.6. The van der Waals surface area contributed by atoms with Gasteiger partial charge in [0, 0.05) is 11.3 Å². The molecule has 8 heteroatoms. The van der Waals surface area contributed by atoms with E-state index in [1.54, 1.807) is 36.4 Å². The van der Waals surface area contributed by atoms with Crippen LogP contribution in [-0.4, -0.2) is 17.8 Å². The number of carbonyl (C=O) groups excluding carboxylic acids is 1. The molecule has 2 aromatic rings. The summed E-state index contributed by atoms with van der Waals surface area (Å²) in [5.74, 6) is 0.778. The molecular formula is C15H10Cl2N2O3S. The molecule has 0 unspecified atom stereocenters.